The van der Waals surface area contributed by atoms with E-state index < -0.39 is 33.0 Å². The number of hydrogen-bond donors (Lipinski definition) is 0. The Kier molecular flexibility index (Phi) is 4.64. The number of halogens is 4. The molecule has 0 saturated heterocycles. The van der Waals surface area contributed by atoms with E-state index in [-0.39, 0.29) is 10.2 Å². The van der Waals surface area contributed by atoms with E-state index in [0.717, 1.165) is 13.2 Å². The Bertz CT molecular complexity index is 644. The lowest BCUT2D eigenvalue weighted by Crippen LogP contribution is -2.29. The van der Waals surface area contributed by atoms with Crippen LogP contribution in [-0.4, -0.2) is 32.0 Å². The minimum Gasteiger partial charge on any atom is -0.465 e. The summed E-state index contributed by atoms with van der Waals surface area (Å²) >= 11 is 3.00. The van der Waals surface area contributed by atoms with Crippen molar-refractivity contribution in [1.82, 2.24) is 4.98 Å². The van der Waals surface area contributed by atoms with Crippen molar-refractivity contribution >= 4 is 32.0 Å². The standard InChI is InChI=1S/C9H7BrF3NO5S/c1-4-6(10)3-5(8(15)18-2)7(14-4)19-20(16,17)9(11,12)13/h3H,1-2H3. The zero-order valence-electron chi connectivity index (χ0n) is 9.99. The van der Waals surface area contributed by atoms with Gasteiger partial charge in [0.25, 0.3) is 0 Å². The van der Waals surface area contributed by atoms with Crippen molar-refractivity contribution in [2.45, 2.75) is 12.4 Å². The Hall–Kier alpha value is -1.36. The first-order valence-electron chi connectivity index (χ1n) is 4.76. The van der Waals surface area contributed by atoms with Gasteiger partial charge in [-0.15, -0.1) is 0 Å². The molecule has 1 rings (SSSR count). The van der Waals surface area contributed by atoms with Crippen molar-refractivity contribution in [3.63, 3.8) is 0 Å². The van der Waals surface area contributed by atoms with Crippen LogP contribution in [0.25, 0.3) is 0 Å². The molecule has 0 aliphatic heterocycles. The number of esters is 1. The van der Waals surface area contributed by atoms with E-state index in [0.29, 0.717) is 0 Å². The summed E-state index contributed by atoms with van der Waals surface area (Å²) in [6, 6.07) is 1.05. The molecular formula is C9H7BrF3NO5S. The van der Waals surface area contributed by atoms with Crippen molar-refractivity contribution < 1.29 is 35.3 Å². The molecular weight excluding hydrogens is 371 g/mol. The number of aromatic nitrogens is 1. The number of carbonyl (C=O) groups is 1. The largest absolute Gasteiger partial charge is 0.534 e. The molecule has 0 aromatic carbocycles. The second-order valence-electron chi connectivity index (χ2n) is 3.38. The molecule has 0 aliphatic carbocycles. The summed E-state index contributed by atoms with van der Waals surface area (Å²) in [6.07, 6.45) is 0. The van der Waals surface area contributed by atoms with Crippen LogP contribution in [0.5, 0.6) is 5.88 Å². The Labute approximate surface area is 120 Å². The highest BCUT2D eigenvalue weighted by Crippen LogP contribution is 2.30. The number of carbonyl (C=O) groups excluding carboxylic acids is 1. The molecule has 0 aliphatic rings. The molecule has 1 aromatic heterocycles. The predicted molar refractivity (Wildman–Crippen MR) is 63.6 cm³/mol. The van der Waals surface area contributed by atoms with E-state index >= 15 is 0 Å². The highest BCUT2D eigenvalue weighted by Gasteiger charge is 2.49. The molecule has 1 aromatic rings. The van der Waals surface area contributed by atoms with E-state index in [4.69, 9.17) is 0 Å². The van der Waals surface area contributed by atoms with Crippen LogP contribution in [0.15, 0.2) is 10.5 Å². The second kappa shape index (κ2) is 5.56. The summed E-state index contributed by atoms with van der Waals surface area (Å²) in [4.78, 5) is 14.9. The number of ether oxygens (including phenoxy) is 1. The maximum atomic E-state index is 12.2. The van der Waals surface area contributed by atoms with Crippen LogP contribution in [0.2, 0.25) is 0 Å². The molecule has 0 spiro atoms. The number of rotatable bonds is 3. The summed E-state index contributed by atoms with van der Waals surface area (Å²) in [6.45, 7) is 1.37. The number of pyridine rings is 1. The molecule has 0 bridgehead atoms. The average Bonchev–Trinajstić information content (AvgIpc) is 2.30. The number of hydrogen-bond acceptors (Lipinski definition) is 6. The van der Waals surface area contributed by atoms with Gasteiger partial charge in [0.05, 0.1) is 12.8 Å². The van der Waals surface area contributed by atoms with Gasteiger partial charge in [-0.3, -0.25) is 0 Å². The third-order valence-electron chi connectivity index (χ3n) is 1.99. The van der Waals surface area contributed by atoms with Gasteiger partial charge in [0.15, 0.2) is 0 Å². The maximum absolute atomic E-state index is 12.2. The molecule has 0 radical (unpaired) electrons. The topological polar surface area (TPSA) is 82.6 Å². The van der Waals surface area contributed by atoms with Gasteiger partial charge in [-0.05, 0) is 28.9 Å². The summed E-state index contributed by atoms with van der Waals surface area (Å²) in [5.41, 5.74) is -6.06. The quantitative estimate of drug-likeness (QED) is 0.456. The molecule has 0 saturated carbocycles. The molecule has 0 amide bonds. The van der Waals surface area contributed by atoms with Crippen molar-refractivity contribution in [3.8, 4) is 5.88 Å². The van der Waals surface area contributed by atoms with Crippen LogP contribution < -0.4 is 4.18 Å². The normalized spacial score (nSPS) is 12.1. The lowest BCUT2D eigenvalue weighted by atomic mass is 10.2. The Balaban J connectivity index is 3.38. The first-order chi connectivity index (χ1) is 8.99. The number of alkyl halides is 3. The van der Waals surface area contributed by atoms with Crippen LogP contribution in [0, 0.1) is 6.92 Å². The third-order valence-corrected chi connectivity index (χ3v) is 3.74. The smallest absolute Gasteiger partial charge is 0.465 e. The second-order valence-corrected chi connectivity index (χ2v) is 5.78. The highest BCUT2D eigenvalue weighted by molar-refractivity contribution is 9.10. The minimum absolute atomic E-state index is 0.130. The first kappa shape index (κ1) is 16.7. The fourth-order valence-electron chi connectivity index (χ4n) is 1.03. The molecule has 0 atom stereocenters. The predicted octanol–water partition coefficient (Wildman–Crippen LogP) is 2.17. The Morgan fingerprint density at radius 2 is 1.95 bits per heavy atom. The number of methoxy groups -OCH3 is 1. The Morgan fingerprint density at radius 1 is 1.40 bits per heavy atom. The van der Waals surface area contributed by atoms with Crippen LogP contribution in [0.3, 0.4) is 0 Å². The van der Waals surface area contributed by atoms with Crippen LogP contribution in [0.4, 0.5) is 13.2 Å². The monoisotopic (exact) mass is 377 g/mol. The maximum Gasteiger partial charge on any atom is 0.534 e. The van der Waals surface area contributed by atoms with Crippen LogP contribution in [-0.2, 0) is 14.9 Å². The van der Waals surface area contributed by atoms with Gasteiger partial charge in [0, 0.05) is 4.47 Å². The number of aryl methyl sites for hydroxylation is 1. The van der Waals surface area contributed by atoms with Crippen molar-refractivity contribution in [2.24, 2.45) is 0 Å². The molecule has 6 nitrogen and oxygen atoms in total. The molecule has 20 heavy (non-hydrogen) atoms. The molecule has 112 valence electrons. The third kappa shape index (κ3) is 3.39. The van der Waals surface area contributed by atoms with Crippen molar-refractivity contribution in [2.75, 3.05) is 7.11 Å². The van der Waals surface area contributed by atoms with Crippen molar-refractivity contribution in [1.29, 1.82) is 0 Å². The summed E-state index contributed by atoms with van der Waals surface area (Å²) in [5, 5.41) is 0. The van der Waals surface area contributed by atoms with Gasteiger partial charge in [0.2, 0.25) is 5.88 Å². The molecule has 11 heteroatoms. The fraction of sp³-hybridized carbons (Fsp3) is 0.333. The minimum atomic E-state index is -5.93. The first-order valence-corrected chi connectivity index (χ1v) is 6.96. The zero-order valence-corrected chi connectivity index (χ0v) is 12.4. The van der Waals surface area contributed by atoms with E-state index in [1.165, 1.54) is 6.92 Å². The molecule has 0 unspecified atom stereocenters. The van der Waals surface area contributed by atoms with Gasteiger partial charge in [0.1, 0.15) is 5.56 Å². The SMILES string of the molecule is COC(=O)c1cc(Br)c(C)nc1OS(=O)(=O)C(F)(F)F. The lowest BCUT2D eigenvalue weighted by molar-refractivity contribution is -0.0502. The van der Waals surface area contributed by atoms with Crippen LogP contribution >= 0.6 is 15.9 Å². The number of nitrogens with zero attached hydrogens (tertiary/aromatic N) is 1. The van der Waals surface area contributed by atoms with E-state index in [9.17, 15) is 26.4 Å². The van der Waals surface area contributed by atoms with E-state index in [1.807, 2.05) is 0 Å². The summed E-state index contributed by atoms with van der Waals surface area (Å²) in [5.74, 6) is -2.10. The summed E-state index contributed by atoms with van der Waals surface area (Å²) in [7, 11) is -4.96. The van der Waals surface area contributed by atoms with Gasteiger partial charge >= 0.3 is 21.6 Å². The zero-order chi connectivity index (χ0) is 15.7. The van der Waals surface area contributed by atoms with Gasteiger partial charge < -0.3 is 8.92 Å². The summed E-state index contributed by atoms with van der Waals surface area (Å²) < 4.78 is 67.1. The van der Waals surface area contributed by atoms with Gasteiger partial charge in [-0.2, -0.15) is 21.6 Å². The van der Waals surface area contributed by atoms with Gasteiger partial charge in [-0.1, -0.05) is 0 Å². The fourth-order valence-corrected chi connectivity index (χ4v) is 1.78. The van der Waals surface area contributed by atoms with E-state index in [1.54, 1.807) is 0 Å². The van der Waals surface area contributed by atoms with Gasteiger partial charge in [-0.25, -0.2) is 9.78 Å². The lowest BCUT2D eigenvalue weighted by Gasteiger charge is -2.12. The van der Waals surface area contributed by atoms with Crippen molar-refractivity contribution in [3.05, 3.63) is 21.8 Å². The molecule has 1 heterocycles. The highest BCUT2D eigenvalue weighted by atomic mass is 79.9. The van der Waals surface area contributed by atoms with E-state index in [2.05, 4.69) is 29.8 Å². The molecule has 0 fully saturated rings. The Morgan fingerprint density at radius 3 is 2.40 bits per heavy atom. The average molecular weight is 378 g/mol. The van der Waals surface area contributed by atoms with Crippen LogP contribution in [0.1, 0.15) is 16.1 Å². The molecule has 0 N–H and O–H groups in total.